The number of hydrogen-bond donors (Lipinski definition) is 5. The van der Waals surface area contributed by atoms with Gasteiger partial charge in [-0.1, -0.05) is 6.92 Å². The molecule has 4 atom stereocenters. The molecule has 1 aliphatic heterocycles. The third kappa shape index (κ3) is 4.10. The van der Waals surface area contributed by atoms with Crippen LogP contribution in [0, 0.1) is 17.8 Å². The monoisotopic (exact) mass is 582 g/mol. The molecule has 1 fully saturated rings. The van der Waals surface area contributed by atoms with Gasteiger partial charge >= 0.3 is 0 Å². The molecular weight excluding hydrogens is 544 g/mol. The quantitative estimate of drug-likeness (QED) is 0.322. The molecule has 4 aliphatic rings. The van der Waals surface area contributed by atoms with Crippen LogP contribution in [0.4, 0.5) is 5.69 Å². The highest BCUT2D eigenvalue weighted by molar-refractivity contribution is 6.25. The molecule has 12 heteroatoms. The molecule has 1 saturated heterocycles. The van der Waals surface area contributed by atoms with Crippen molar-refractivity contribution in [3.05, 3.63) is 45.4 Å². The minimum absolute atomic E-state index is 0.00790. The van der Waals surface area contributed by atoms with Crippen LogP contribution in [0.1, 0.15) is 52.5 Å². The Balaban J connectivity index is 1.68. The lowest BCUT2D eigenvalue weighted by Gasteiger charge is -2.50. The molecule has 3 aliphatic carbocycles. The molecule has 1 aromatic carbocycles. The fourth-order valence-electron chi connectivity index (χ4n) is 7.24. The zero-order valence-electron chi connectivity index (χ0n) is 24.5. The lowest BCUT2D eigenvalue weighted by Crippen LogP contribution is -2.63. The Hall–Kier alpha value is -3.90. The summed E-state index contributed by atoms with van der Waals surface area (Å²) in [6.45, 7) is 3.14. The molecule has 0 saturated carbocycles. The number of nitrogens with zero attached hydrogens (tertiary/aromatic N) is 3. The smallest absolute Gasteiger partial charge is 0.257 e. The summed E-state index contributed by atoms with van der Waals surface area (Å²) < 4.78 is 0. The summed E-state index contributed by atoms with van der Waals surface area (Å²) in [5.41, 5.74) is 2.36. The number of rotatable bonds is 4. The maximum Gasteiger partial charge on any atom is 0.257 e. The van der Waals surface area contributed by atoms with Crippen molar-refractivity contribution in [2.45, 2.75) is 44.2 Å². The Morgan fingerprint density at radius 1 is 1.07 bits per heavy atom. The molecule has 12 nitrogen and oxygen atoms in total. The zero-order valence-corrected chi connectivity index (χ0v) is 24.5. The standard InChI is InChI=1S/C30H38N4O8/c1-13-6-8-34(9-7-13)29(41)16-12-18(32(2)3)15-10-14-11-17-22(33(4)5)25(37)21(28(31)40)27(39)30(17,42)26(38)19(14)24(36)20(15)23(16)35/h12-14,17,22,35,37-38,42H,6-11H2,1-5H3,(H2,31,40)/t14?,17-,22?,30-/m0/s1. The van der Waals surface area contributed by atoms with Crippen molar-refractivity contribution in [1.82, 2.24) is 9.80 Å². The van der Waals surface area contributed by atoms with E-state index in [1.165, 1.54) is 4.90 Å². The van der Waals surface area contributed by atoms with Crippen LogP contribution in [0.2, 0.25) is 0 Å². The Labute approximate surface area is 243 Å². The lowest BCUT2D eigenvalue weighted by molar-refractivity contribution is -0.148. The summed E-state index contributed by atoms with van der Waals surface area (Å²) in [5, 5.41) is 45.7. The van der Waals surface area contributed by atoms with E-state index in [2.05, 4.69) is 6.92 Å². The van der Waals surface area contributed by atoms with Crippen LogP contribution in [0.15, 0.2) is 28.7 Å². The summed E-state index contributed by atoms with van der Waals surface area (Å²) >= 11 is 0. The third-order valence-corrected chi connectivity index (χ3v) is 9.48. The minimum Gasteiger partial charge on any atom is -0.510 e. The van der Waals surface area contributed by atoms with Crippen molar-refractivity contribution in [3.63, 3.8) is 0 Å². The number of nitrogens with two attached hydrogens (primary N) is 1. The van der Waals surface area contributed by atoms with Crippen LogP contribution in [0.5, 0.6) is 5.75 Å². The van der Waals surface area contributed by atoms with Gasteiger partial charge in [-0.3, -0.25) is 24.1 Å². The number of likely N-dealkylation sites (N-methyl/N-ethyl adjacent to an activating group) is 1. The van der Waals surface area contributed by atoms with Crippen LogP contribution >= 0.6 is 0 Å². The number of hydrogen-bond acceptors (Lipinski definition) is 10. The van der Waals surface area contributed by atoms with E-state index in [4.69, 9.17) is 5.73 Å². The summed E-state index contributed by atoms with van der Waals surface area (Å²) in [4.78, 5) is 58.3. The van der Waals surface area contributed by atoms with Crippen LogP contribution in [-0.4, -0.2) is 107 Å². The number of anilines is 1. The molecule has 1 aromatic rings. The van der Waals surface area contributed by atoms with Crippen LogP contribution in [-0.2, 0) is 16.0 Å². The topological polar surface area (TPSA) is 185 Å². The van der Waals surface area contributed by atoms with E-state index in [9.17, 15) is 39.6 Å². The maximum atomic E-state index is 14.2. The lowest BCUT2D eigenvalue weighted by atomic mass is 9.58. The molecule has 2 unspecified atom stereocenters. The Bertz CT molecular complexity index is 1470. The number of likely N-dealkylation sites (tertiary alicyclic amines) is 1. The molecule has 42 heavy (non-hydrogen) atoms. The number of amides is 2. The number of aromatic hydroxyl groups is 1. The number of Topliss-reactive ketones (excluding diaryl/α,β-unsaturated/α-hetero) is 2. The van der Waals surface area contributed by atoms with E-state index in [0.29, 0.717) is 30.3 Å². The number of aliphatic hydroxyl groups is 3. The largest absolute Gasteiger partial charge is 0.510 e. The van der Waals surface area contributed by atoms with E-state index in [0.717, 1.165) is 12.8 Å². The highest BCUT2D eigenvalue weighted by atomic mass is 16.3. The maximum absolute atomic E-state index is 14.2. The second-order valence-corrected chi connectivity index (χ2v) is 12.5. The summed E-state index contributed by atoms with van der Waals surface area (Å²) in [6.07, 6.45) is 1.77. The SMILES string of the molecule is CC1CCN(C(=O)c2cc(N(C)C)c3c(c2O)C(=O)C2=C(O)[C@]4(O)C(=O)C(C(N)=O)=C(O)C(N(C)C)[C@@H]4CC2C3)CC1. The molecule has 0 radical (unpaired) electrons. The number of phenols is 1. The number of phenolic OH excluding ortho intramolecular Hbond substituents is 1. The fraction of sp³-hybridized carbons (Fsp3) is 0.533. The number of benzene rings is 1. The normalized spacial score (nSPS) is 28.1. The number of ketones is 2. The minimum atomic E-state index is -2.72. The van der Waals surface area contributed by atoms with Gasteiger partial charge in [0.25, 0.3) is 11.8 Å². The van der Waals surface area contributed by atoms with Crippen LogP contribution in [0.3, 0.4) is 0 Å². The molecule has 226 valence electrons. The zero-order chi connectivity index (χ0) is 31.0. The van der Waals surface area contributed by atoms with Crippen molar-refractivity contribution in [3.8, 4) is 5.75 Å². The molecule has 6 N–H and O–H groups in total. The Morgan fingerprint density at radius 2 is 1.69 bits per heavy atom. The highest BCUT2D eigenvalue weighted by Gasteiger charge is 2.63. The van der Waals surface area contributed by atoms with Gasteiger partial charge in [0.2, 0.25) is 5.78 Å². The van der Waals surface area contributed by atoms with Gasteiger partial charge in [0, 0.05) is 44.4 Å². The summed E-state index contributed by atoms with van der Waals surface area (Å²) in [7, 11) is 6.67. The summed E-state index contributed by atoms with van der Waals surface area (Å²) in [6, 6.07) is 0.514. The number of fused-ring (bicyclic) bond motifs is 3. The van der Waals surface area contributed by atoms with Gasteiger partial charge in [-0.2, -0.15) is 0 Å². The van der Waals surface area contributed by atoms with Gasteiger partial charge in [0.05, 0.1) is 17.2 Å². The number of aliphatic hydroxyl groups excluding tert-OH is 2. The Kier molecular flexibility index (Phi) is 7.13. The first-order valence-electron chi connectivity index (χ1n) is 14.1. The second kappa shape index (κ2) is 10.1. The molecular formula is C30H38N4O8. The van der Waals surface area contributed by atoms with Crippen LogP contribution < -0.4 is 10.6 Å². The van der Waals surface area contributed by atoms with E-state index in [1.54, 1.807) is 44.1 Å². The average Bonchev–Trinajstić information content (AvgIpc) is 2.90. The first kappa shape index (κ1) is 29.6. The Morgan fingerprint density at radius 3 is 2.24 bits per heavy atom. The third-order valence-electron chi connectivity index (χ3n) is 9.48. The molecule has 0 aromatic heterocycles. The van der Waals surface area contributed by atoms with Crippen molar-refractivity contribution < 1.29 is 39.6 Å². The fourth-order valence-corrected chi connectivity index (χ4v) is 7.24. The number of carbonyl (C=O) groups excluding carboxylic acids is 4. The molecule has 0 spiro atoms. The van der Waals surface area contributed by atoms with E-state index >= 15 is 0 Å². The van der Waals surface area contributed by atoms with Gasteiger partial charge in [0.15, 0.2) is 11.4 Å². The average molecular weight is 583 g/mol. The predicted molar refractivity (Wildman–Crippen MR) is 152 cm³/mol. The highest BCUT2D eigenvalue weighted by Crippen LogP contribution is 2.53. The van der Waals surface area contributed by atoms with Crippen LogP contribution in [0.25, 0.3) is 0 Å². The first-order chi connectivity index (χ1) is 19.6. The van der Waals surface area contributed by atoms with Gasteiger partial charge in [-0.05, 0) is 63.2 Å². The van der Waals surface area contributed by atoms with Gasteiger partial charge in [0.1, 0.15) is 22.8 Å². The van der Waals surface area contributed by atoms with Crippen molar-refractivity contribution in [2.24, 2.45) is 23.5 Å². The molecule has 5 rings (SSSR count). The van der Waals surface area contributed by atoms with Gasteiger partial charge in [-0.25, -0.2) is 0 Å². The predicted octanol–water partition coefficient (Wildman–Crippen LogP) is 1.06. The number of carbonyl (C=O) groups is 4. The van der Waals surface area contributed by atoms with Crippen molar-refractivity contribution >= 4 is 29.1 Å². The molecule has 0 bridgehead atoms. The number of primary amides is 1. The second-order valence-electron chi connectivity index (χ2n) is 12.5. The number of allylic oxidation sites excluding steroid dienone is 1. The number of piperidine rings is 1. The summed E-state index contributed by atoms with van der Waals surface area (Å²) in [5.74, 6) is -7.21. The van der Waals surface area contributed by atoms with Gasteiger partial charge < -0.3 is 36.0 Å². The van der Waals surface area contributed by atoms with E-state index in [-0.39, 0.29) is 29.5 Å². The van der Waals surface area contributed by atoms with Crippen molar-refractivity contribution in [2.75, 3.05) is 46.2 Å². The van der Waals surface area contributed by atoms with E-state index in [1.807, 2.05) is 0 Å². The first-order valence-corrected chi connectivity index (χ1v) is 14.1. The van der Waals surface area contributed by atoms with Crippen molar-refractivity contribution in [1.29, 1.82) is 0 Å². The molecule has 1 heterocycles. The molecule has 2 amide bonds. The van der Waals surface area contributed by atoms with E-state index < -0.39 is 69.7 Å². The van der Waals surface area contributed by atoms with Gasteiger partial charge in [-0.15, -0.1) is 0 Å².